The van der Waals surface area contributed by atoms with Crippen LogP contribution in [0.25, 0.3) is 0 Å². The SMILES string of the molecule is CCc1ncc(CNc2cccc(N3CCCC3=O)c2)s1. The largest absolute Gasteiger partial charge is 0.380 e. The van der Waals surface area contributed by atoms with Crippen LogP contribution in [0.2, 0.25) is 0 Å². The van der Waals surface area contributed by atoms with Crippen molar-refractivity contribution in [2.75, 3.05) is 16.8 Å². The number of aromatic nitrogens is 1. The summed E-state index contributed by atoms with van der Waals surface area (Å²) in [5.41, 5.74) is 2.03. The van der Waals surface area contributed by atoms with E-state index in [1.165, 1.54) is 9.88 Å². The highest BCUT2D eigenvalue weighted by Gasteiger charge is 2.21. The second-order valence-electron chi connectivity index (χ2n) is 5.13. The lowest BCUT2D eigenvalue weighted by Gasteiger charge is -2.16. The Hall–Kier alpha value is -1.88. The van der Waals surface area contributed by atoms with Gasteiger partial charge in [-0.15, -0.1) is 11.3 Å². The Morgan fingerprint density at radius 1 is 1.43 bits per heavy atom. The van der Waals surface area contributed by atoms with Gasteiger partial charge in [0.25, 0.3) is 0 Å². The topological polar surface area (TPSA) is 45.2 Å². The van der Waals surface area contributed by atoms with Gasteiger partial charge in [-0.1, -0.05) is 13.0 Å². The first-order valence-electron chi connectivity index (χ1n) is 7.34. The average molecular weight is 301 g/mol. The molecule has 1 aromatic heterocycles. The van der Waals surface area contributed by atoms with Crippen LogP contribution in [0, 0.1) is 0 Å². The second kappa shape index (κ2) is 6.26. The molecule has 0 unspecified atom stereocenters. The number of aryl methyl sites for hydroxylation is 1. The zero-order valence-electron chi connectivity index (χ0n) is 12.1. The fourth-order valence-corrected chi connectivity index (χ4v) is 3.29. The van der Waals surface area contributed by atoms with Crippen LogP contribution >= 0.6 is 11.3 Å². The van der Waals surface area contributed by atoms with E-state index in [1.54, 1.807) is 11.3 Å². The lowest BCUT2D eigenvalue weighted by atomic mass is 10.2. The molecule has 0 atom stereocenters. The lowest BCUT2D eigenvalue weighted by molar-refractivity contribution is -0.117. The molecule has 1 aliphatic heterocycles. The summed E-state index contributed by atoms with van der Waals surface area (Å²) in [4.78, 5) is 19.3. The molecule has 1 amide bonds. The van der Waals surface area contributed by atoms with Gasteiger partial charge in [0, 0.05) is 35.4 Å². The van der Waals surface area contributed by atoms with Crippen molar-refractivity contribution in [1.82, 2.24) is 4.98 Å². The fraction of sp³-hybridized carbons (Fsp3) is 0.375. The molecule has 1 aromatic carbocycles. The number of carbonyl (C=O) groups excluding carboxylic acids is 1. The van der Waals surface area contributed by atoms with Crippen LogP contribution in [0.15, 0.2) is 30.5 Å². The summed E-state index contributed by atoms with van der Waals surface area (Å²) in [7, 11) is 0. The van der Waals surface area contributed by atoms with Crippen LogP contribution < -0.4 is 10.2 Å². The van der Waals surface area contributed by atoms with Gasteiger partial charge in [-0.3, -0.25) is 4.79 Å². The molecule has 1 aliphatic rings. The number of amides is 1. The normalized spacial score (nSPS) is 14.7. The van der Waals surface area contributed by atoms with E-state index < -0.39 is 0 Å². The van der Waals surface area contributed by atoms with Gasteiger partial charge in [-0.25, -0.2) is 4.98 Å². The van der Waals surface area contributed by atoms with Gasteiger partial charge in [0.15, 0.2) is 0 Å². The van der Waals surface area contributed by atoms with Crippen LogP contribution in [0.1, 0.15) is 29.7 Å². The molecule has 2 heterocycles. The summed E-state index contributed by atoms with van der Waals surface area (Å²) < 4.78 is 0. The molecule has 21 heavy (non-hydrogen) atoms. The van der Waals surface area contributed by atoms with Crippen molar-refractivity contribution >= 4 is 28.6 Å². The zero-order chi connectivity index (χ0) is 14.7. The number of nitrogens with zero attached hydrogens (tertiary/aromatic N) is 2. The Morgan fingerprint density at radius 2 is 2.33 bits per heavy atom. The zero-order valence-corrected chi connectivity index (χ0v) is 12.9. The minimum Gasteiger partial charge on any atom is -0.380 e. The minimum absolute atomic E-state index is 0.224. The maximum absolute atomic E-state index is 11.8. The van der Waals surface area contributed by atoms with Crippen molar-refractivity contribution in [3.8, 4) is 0 Å². The van der Waals surface area contributed by atoms with E-state index in [0.29, 0.717) is 6.42 Å². The van der Waals surface area contributed by atoms with Gasteiger partial charge in [0.2, 0.25) is 5.91 Å². The van der Waals surface area contributed by atoms with E-state index in [0.717, 1.165) is 37.3 Å². The molecule has 2 aromatic rings. The number of carbonyl (C=O) groups is 1. The van der Waals surface area contributed by atoms with Crippen molar-refractivity contribution in [3.05, 3.63) is 40.3 Å². The number of thiazole rings is 1. The third kappa shape index (κ3) is 3.24. The van der Waals surface area contributed by atoms with Crippen LogP contribution in [0.5, 0.6) is 0 Å². The minimum atomic E-state index is 0.224. The Kier molecular flexibility index (Phi) is 4.20. The van der Waals surface area contributed by atoms with Crippen LogP contribution in [-0.4, -0.2) is 17.4 Å². The van der Waals surface area contributed by atoms with Crippen molar-refractivity contribution in [1.29, 1.82) is 0 Å². The predicted molar refractivity (Wildman–Crippen MR) is 86.8 cm³/mol. The quantitative estimate of drug-likeness (QED) is 0.920. The molecule has 0 aliphatic carbocycles. The van der Waals surface area contributed by atoms with E-state index in [-0.39, 0.29) is 5.91 Å². The molecule has 0 bridgehead atoms. The first-order chi connectivity index (χ1) is 10.3. The highest BCUT2D eigenvalue weighted by atomic mass is 32.1. The molecule has 110 valence electrons. The van der Waals surface area contributed by atoms with E-state index in [1.807, 2.05) is 35.4 Å². The molecule has 5 heteroatoms. The molecule has 0 spiro atoms. The monoisotopic (exact) mass is 301 g/mol. The maximum atomic E-state index is 11.8. The summed E-state index contributed by atoms with van der Waals surface area (Å²) >= 11 is 1.74. The summed E-state index contributed by atoms with van der Waals surface area (Å²) in [6, 6.07) is 8.07. The number of hydrogen-bond donors (Lipinski definition) is 1. The molecule has 3 rings (SSSR count). The number of nitrogens with one attached hydrogen (secondary N) is 1. The predicted octanol–water partition coefficient (Wildman–Crippen LogP) is 3.44. The maximum Gasteiger partial charge on any atom is 0.227 e. The van der Waals surface area contributed by atoms with E-state index in [4.69, 9.17) is 0 Å². The number of hydrogen-bond acceptors (Lipinski definition) is 4. The summed E-state index contributed by atoms with van der Waals surface area (Å²) in [5.74, 6) is 0.224. The van der Waals surface area contributed by atoms with E-state index in [9.17, 15) is 4.79 Å². The third-order valence-electron chi connectivity index (χ3n) is 3.60. The second-order valence-corrected chi connectivity index (χ2v) is 6.33. The fourth-order valence-electron chi connectivity index (χ4n) is 2.49. The number of rotatable bonds is 5. The van der Waals surface area contributed by atoms with Gasteiger partial charge in [-0.2, -0.15) is 0 Å². The van der Waals surface area contributed by atoms with Crippen molar-refractivity contribution < 1.29 is 4.79 Å². The Morgan fingerprint density at radius 3 is 3.05 bits per heavy atom. The standard InChI is InChI=1S/C16H19N3OS/c1-2-15-18-11-14(21-15)10-17-12-5-3-6-13(9-12)19-8-4-7-16(19)20/h3,5-6,9,11,17H,2,4,7-8,10H2,1H3. The molecule has 4 nitrogen and oxygen atoms in total. The average Bonchev–Trinajstić information content (AvgIpc) is 3.14. The highest BCUT2D eigenvalue weighted by molar-refractivity contribution is 7.11. The Bertz CT molecular complexity index is 638. The number of anilines is 2. The van der Waals surface area contributed by atoms with Crippen LogP contribution in [0.3, 0.4) is 0 Å². The molecule has 1 N–H and O–H groups in total. The van der Waals surface area contributed by atoms with Gasteiger partial charge >= 0.3 is 0 Å². The third-order valence-corrected chi connectivity index (χ3v) is 4.74. The van der Waals surface area contributed by atoms with Crippen LogP contribution in [0.4, 0.5) is 11.4 Å². The molecule has 0 saturated carbocycles. The summed E-state index contributed by atoms with van der Waals surface area (Å²) in [6.07, 6.45) is 4.54. The van der Waals surface area contributed by atoms with Crippen molar-refractivity contribution in [2.24, 2.45) is 0 Å². The highest BCUT2D eigenvalue weighted by Crippen LogP contribution is 2.25. The van der Waals surface area contributed by atoms with Gasteiger partial charge in [0.05, 0.1) is 11.6 Å². The summed E-state index contributed by atoms with van der Waals surface area (Å²) in [6.45, 7) is 3.72. The van der Waals surface area contributed by atoms with Gasteiger partial charge < -0.3 is 10.2 Å². The molecular weight excluding hydrogens is 282 g/mol. The van der Waals surface area contributed by atoms with Gasteiger partial charge in [0.1, 0.15) is 0 Å². The van der Waals surface area contributed by atoms with E-state index >= 15 is 0 Å². The molecule has 0 radical (unpaired) electrons. The lowest BCUT2D eigenvalue weighted by Crippen LogP contribution is -2.23. The van der Waals surface area contributed by atoms with E-state index in [2.05, 4.69) is 17.2 Å². The van der Waals surface area contributed by atoms with Crippen molar-refractivity contribution in [2.45, 2.75) is 32.7 Å². The number of benzene rings is 1. The smallest absolute Gasteiger partial charge is 0.227 e. The Balaban J connectivity index is 1.67. The Labute approximate surface area is 128 Å². The first-order valence-corrected chi connectivity index (χ1v) is 8.16. The summed E-state index contributed by atoms with van der Waals surface area (Å²) in [5, 5.41) is 4.58. The first kappa shape index (κ1) is 14.1. The molecular formula is C16H19N3OS. The molecule has 1 fully saturated rings. The van der Waals surface area contributed by atoms with Crippen molar-refractivity contribution in [3.63, 3.8) is 0 Å². The van der Waals surface area contributed by atoms with Crippen LogP contribution in [-0.2, 0) is 17.8 Å². The molecule has 1 saturated heterocycles. The van der Waals surface area contributed by atoms with Gasteiger partial charge in [-0.05, 0) is 31.0 Å².